The molecule has 114 valence electrons. The van der Waals surface area contributed by atoms with Crippen molar-refractivity contribution < 1.29 is 56.7 Å². The normalized spacial score (nSPS) is 18.7. The summed E-state index contributed by atoms with van der Waals surface area (Å²) >= 11 is 8.56. The Bertz CT molecular complexity index is 82.4. The Morgan fingerprint density at radius 2 is 0.611 bits per heavy atom. The van der Waals surface area contributed by atoms with E-state index in [0.29, 0.717) is 0 Å². The summed E-state index contributed by atoms with van der Waals surface area (Å²) in [4.78, 5) is 0. The molecule has 8 heteroatoms. The number of thioether (sulfide) groups is 4. The summed E-state index contributed by atoms with van der Waals surface area (Å²) in [6, 6.07) is 0. The molecule has 0 N–H and O–H groups in total. The molecule has 0 aromatic carbocycles. The van der Waals surface area contributed by atoms with Gasteiger partial charge in [0.15, 0.2) is 0 Å². The second-order valence-corrected chi connectivity index (χ2v) is 8.06. The van der Waals surface area contributed by atoms with E-state index in [4.69, 9.17) is 0 Å². The van der Waals surface area contributed by atoms with Crippen LogP contribution in [0.5, 0.6) is 0 Å². The van der Waals surface area contributed by atoms with Gasteiger partial charge in [-0.05, 0) is 35.9 Å². The van der Waals surface area contributed by atoms with E-state index in [1.807, 2.05) is 0 Å². The fourth-order valence-electron chi connectivity index (χ4n) is 1.17. The minimum atomic E-state index is 0. The quantitative estimate of drug-likeness (QED) is 0.320. The summed E-state index contributed by atoms with van der Waals surface area (Å²) in [5.41, 5.74) is 0. The van der Waals surface area contributed by atoms with Gasteiger partial charge in [0.1, 0.15) is 0 Å². The Hall–Kier alpha value is 2.89. The number of hydrogen-bond donors (Lipinski definition) is 0. The predicted molar refractivity (Wildman–Crippen MR) is 78.5 cm³/mol. The molecule has 0 spiro atoms. The van der Waals surface area contributed by atoms with E-state index in [-0.39, 0.29) is 56.7 Å². The molecule has 1 rings (SSSR count). The molecule has 0 saturated carbocycles. The third kappa shape index (κ3) is 21.2. The topological polar surface area (TPSA) is 0 Å². The SMILES string of the molecule is C1CSCCSCCCSCCSC1.[Cl-].[Cl-].[Cl-].[Rh+3]. The van der Waals surface area contributed by atoms with Crippen molar-refractivity contribution in [3.05, 3.63) is 0 Å². The summed E-state index contributed by atoms with van der Waals surface area (Å²) in [5.74, 6) is 11.0. The largest absolute Gasteiger partial charge is 3.00 e. The van der Waals surface area contributed by atoms with Crippen molar-refractivity contribution in [1.82, 2.24) is 0 Å². The van der Waals surface area contributed by atoms with Crippen molar-refractivity contribution >= 4 is 47.0 Å². The van der Waals surface area contributed by atoms with Gasteiger partial charge in [-0.1, -0.05) is 0 Å². The van der Waals surface area contributed by atoms with Gasteiger partial charge in [0.25, 0.3) is 0 Å². The smallest absolute Gasteiger partial charge is 1.00 e. The van der Waals surface area contributed by atoms with Crippen LogP contribution < -0.4 is 37.2 Å². The van der Waals surface area contributed by atoms with Crippen molar-refractivity contribution in [3.8, 4) is 0 Å². The molecule has 18 heavy (non-hydrogen) atoms. The maximum absolute atomic E-state index is 2.14. The fraction of sp³-hybridized carbons (Fsp3) is 1.00. The third-order valence-electron chi connectivity index (χ3n) is 1.90. The molecule has 0 aliphatic carbocycles. The second-order valence-electron chi connectivity index (χ2n) is 3.16. The van der Waals surface area contributed by atoms with Crippen LogP contribution in [0.2, 0.25) is 0 Å². The molecule has 0 aromatic rings. The van der Waals surface area contributed by atoms with E-state index in [9.17, 15) is 0 Å². The zero-order chi connectivity index (χ0) is 9.90. The van der Waals surface area contributed by atoms with Crippen LogP contribution in [0.1, 0.15) is 12.8 Å². The first-order valence-electron chi connectivity index (χ1n) is 5.31. The van der Waals surface area contributed by atoms with Crippen LogP contribution in [0.15, 0.2) is 0 Å². The minimum Gasteiger partial charge on any atom is -1.00 e. The number of hydrogen-bond acceptors (Lipinski definition) is 4. The van der Waals surface area contributed by atoms with E-state index in [1.54, 1.807) is 0 Å². The molecule has 0 amide bonds. The monoisotopic (exact) mass is 476 g/mol. The molecule has 0 atom stereocenters. The van der Waals surface area contributed by atoms with Gasteiger partial charge in [-0.15, -0.1) is 0 Å². The van der Waals surface area contributed by atoms with Gasteiger partial charge in [-0.25, -0.2) is 0 Å². The second kappa shape index (κ2) is 24.9. The van der Waals surface area contributed by atoms with Gasteiger partial charge in [0, 0.05) is 23.0 Å². The third-order valence-corrected chi connectivity index (χ3v) is 6.70. The Labute approximate surface area is 161 Å². The average molecular weight is 478 g/mol. The van der Waals surface area contributed by atoms with Crippen LogP contribution in [-0.4, -0.2) is 46.0 Å². The summed E-state index contributed by atoms with van der Waals surface area (Å²) in [6.07, 6.45) is 2.81. The molecule has 1 heterocycles. The van der Waals surface area contributed by atoms with Crippen molar-refractivity contribution in [3.63, 3.8) is 0 Å². The maximum atomic E-state index is 2.14. The summed E-state index contributed by atoms with van der Waals surface area (Å²) in [7, 11) is 0. The molecule has 1 aliphatic heterocycles. The molecule has 1 saturated heterocycles. The van der Waals surface area contributed by atoms with E-state index in [2.05, 4.69) is 47.0 Å². The number of rotatable bonds is 0. The Kier molecular flexibility index (Phi) is 40.1. The first-order valence-corrected chi connectivity index (χ1v) is 9.93. The predicted octanol–water partition coefficient (Wildman–Crippen LogP) is -5.28. The van der Waals surface area contributed by atoms with Gasteiger partial charge in [-0.3, -0.25) is 0 Å². The summed E-state index contributed by atoms with van der Waals surface area (Å²) in [6.45, 7) is 0. The van der Waals surface area contributed by atoms with Crippen molar-refractivity contribution in [1.29, 1.82) is 0 Å². The molecular weight excluding hydrogens is 458 g/mol. The van der Waals surface area contributed by atoms with Crippen molar-refractivity contribution in [2.45, 2.75) is 12.8 Å². The van der Waals surface area contributed by atoms with Gasteiger partial charge >= 0.3 is 19.5 Å². The first-order chi connectivity index (χ1) is 7.00. The summed E-state index contributed by atoms with van der Waals surface area (Å²) < 4.78 is 0. The molecule has 0 nitrogen and oxygen atoms in total. The van der Waals surface area contributed by atoms with Crippen molar-refractivity contribution in [2.75, 3.05) is 46.0 Å². The van der Waals surface area contributed by atoms with Gasteiger partial charge in [-0.2, -0.15) is 47.0 Å². The number of halogens is 3. The average Bonchev–Trinajstić information content (AvgIpc) is 2.22. The molecule has 1 aliphatic rings. The zero-order valence-electron chi connectivity index (χ0n) is 10.2. The molecule has 0 aromatic heterocycles. The Balaban J connectivity index is -0.000000245. The molecule has 0 radical (unpaired) electrons. The van der Waals surface area contributed by atoms with Crippen LogP contribution in [0.3, 0.4) is 0 Å². The zero-order valence-corrected chi connectivity index (χ0v) is 17.3. The summed E-state index contributed by atoms with van der Waals surface area (Å²) in [5, 5.41) is 0. The van der Waals surface area contributed by atoms with E-state index < -0.39 is 0 Å². The first kappa shape index (κ1) is 29.0. The molecule has 0 unspecified atom stereocenters. The fourth-order valence-corrected chi connectivity index (χ4v) is 5.63. The standard InChI is InChI=1S/C10H20S4.3ClH.Rh/c1-3-11-7-9-13-5-2-6-14-10-8-12-4-1;;;;/h1-10H2;3*1H;/q;;;;+3/p-3. The van der Waals surface area contributed by atoms with Gasteiger partial charge < -0.3 is 37.2 Å². The van der Waals surface area contributed by atoms with Crippen LogP contribution in [0, 0.1) is 0 Å². The van der Waals surface area contributed by atoms with E-state index >= 15 is 0 Å². The maximum Gasteiger partial charge on any atom is 3.00 e. The van der Waals surface area contributed by atoms with Crippen LogP contribution >= 0.6 is 47.0 Å². The molecule has 0 bridgehead atoms. The molecule has 1 fully saturated rings. The van der Waals surface area contributed by atoms with Crippen LogP contribution in [0.25, 0.3) is 0 Å². The van der Waals surface area contributed by atoms with E-state index in [0.717, 1.165) is 0 Å². The van der Waals surface area contributed by atoms with Crippen LogP contribution in [0.4, 0.5) is 0 Å². The van der Waals surface area contributed by atoms with Gasteiger partial charge in [0.2, 0.25) is 0 Å². The Morgan fingerprint density at radius 1 is 0.389 bits per heavy atom. The van der Waals surface area contributed by atoms with Crippen LogP contribution in [-0.2, 0) is 19.5 Å². The molecular formula is C10H20Cl3RhS4. The minimum absolute atomic E-state index is 0. The Morgan fingerprint density at radius 3 is 0.833 bits per heavy atom. The van der Waals surface area contributed by atoms with Crippen molar-refractivity contribution in [2.24, 2.45) is 0 Å². The van der Waals surface area contributed by atoms with Gasteiger partial charge in [0.05, 0.1) is 0 Å². The van der Waals surface area contributed by atoms with E-state index in [1.165, 1.54) is 58.9 Å².